The topological polar surface area (TPSA) is 82.5 Å². The predicted molar refractivity (Wildman–Crippen MR) is 81.7 cm³/mol. The SMILES string of the molecule is CC1CC(C(=O)O)CN(C(=O)Nc2cccc(C3CC3)n2)C1. The fraction of sp³-hybridized carbons (Fsp3) is 0.562. The lowest BCUT2D eigenvalue weighted by molar-refractivity contribution is -0.143. The molecule has 1 aliphatic heterocycles. The van der Waals surface area contributed by atoms with Gasteiger partial charge in [0.15, 0.2) is 0 Å². The summed E-state index contributed by atoms with van der Waals surface area (Å²) in [5.74, 6) is -0.0624. The van der Waals surface area contributed by atoms with Crippen LogP contribution in [-0.2, 0) is 4.79 Å². The molecule has 2 heterocycles. The summed E-state index contributed by atoms with van der Waals surface area (Å²) in [5.41, 5.74) is 1.02. The number of rotatable bonds is 3. The number of pyridine rings is 1. The Hall–Kier alpha value is -2.11. The van der Waals surface area contributed by atoms with E-state index in [1.165, 1.54) is 0 Å². The van der Waals surface area contributed by atoms with Crippen molar-refractivity contribution < 1.29 is 14.7 Å². The molecular weight excluding hydrogens is 282 g/mol. The molecule has 2 N–H and O–H groups in total. The van der Waals surface area contributed by atoms with Crippen molar-refractivity contribution in [1.29, 1.82) is 0 Å². The first-order valence-electron chi connectivity index (χ1n) is 7.78. The molecule has 2 unspecified atom stereocenters. The zero-order chi connectivity index (χ0) is 15.7. The average molecular weight is 303 g/mol. The largest absolute Gasteiger partial charge is 0.481 e. The van der Waals surface area contributed by atoms with Crippen LogP contribution in [0, 0.1) is 11.8 Å². The number of aliphatic carboxylic acids is 1. The highest BCUT2D eigenvalue weighted by atomic mass is 16.4. The molecule has 1 saturated carbocycles. The molecule has 0 spiro atoms. The number of likely N-dealkylation sites (tertiary alicyclic amines) is 1. The molecule has 2 aliphatic rings. The van der Waals surface area contributed by atoms with Gasteiger partial charge in [-0.15, -0.1) is 0 Å². The van der Waals surface area contributed by atoms with Gasteiger partial charge in [0, 0.05) is 24.7 Å². The van der Waals surface area contributed by atoms with Crippen molar-refractivity contribution >= 4 is 17.8 Å². The number of nitrogens with one attached hydrogen (secondary N) is 1. The van der Waals surface area contributed by atoms with Crippen molar-refractivity contribution in [2.45, 2.75) is 32.1 Å². The molecule has 2 amide bonds. The van der Waals surface area contributed by atoms with E-state index in [9.17, 15) is 14.7 Å². The minimum absolute atomic E-state index is 0.186. The molecule has 3 rings (SSSR count). The molecule has 1 saturated heterocycles. The van der Waals surface area contributed by atoms with Crippen LogP contribution in [0.25, 0.3) is 0 Å². The Bertz CT molecular complexity index is 586. The number of hydrogen-bond acceptors (Lipinski definition) is 3. The van der Waals surface area contributed by atoms with E-state index in [4.69, 9.17) is 0 Å². The summed E-state index contributed by atoms with van der Waals surface area (Å²) in [4.78, 5) is 29.6. The van der Waals surface area contributed by atoms with E-state index in [-0.39, 0.29) is 18.5 Å². The summed E-state index contributed by atoms with van der Waals surface area (Å²) in [7, 11) is 0. The second kappa shape index (κ2) is 5.94. The number of hydrogen-bond donors (Lipinski definition) is 2. The van der Waals surface area contributed by atoms with Crippen molar-refractivity contribution in [3.8, 4) is 0 Å². The third kappa shape index (κ3) is 3.37. The zero-order valence-corrected chi connectivity index (χ0v) is 12.7. The molecule has 2 atom stereocenters. The molecular formula is C16H21N3O3. The number of carboxylic acids is 1. The molecule has 6 heteroatoms. The van der Waals surface area contributed by atoms with Crippen LogP contribution in [0.15, 0.2) is 18.2 Å². The van der Waals surface area contributed by atoms with E-state index in [1.54, 1.807) is 11.0 Å². The third-order valence-electron chi connectivity index (χ3n) is 4.30. The number of anilines is 1. The van der Waals surface area contributed by atoms with Crippen LogP contribution in [-0.4, -0.2) is 40.1 Å². The molecule has 1 aromatic heterocycles. The van der Waals surface area contributed by atoms with E-state index in [0.29, 0.717) is 24.7 Å². The monoisotopic (exact) mass is 303 g/mol. The van der Waals surface area contributed by atoms with Gasteiger partial charge in [0.25, 0.3) is 0 Å². The quantitative estimate of drug-likeness (QED) is 0.899. The average Bonchev–Trinajstić information content (AvgIpc) is 3.31. The maximum atomic E-state index is 12.4. The minimum Gasteiger partial charge on any atom is -0.481 e. The highest BCUT2D eigenvalue weighted by Gasteiger charge is 2.32. The van der Waals surface area contributed by atoms with Crippen LogP contribution in [0.1, 0.15) is 37.8 Å². The van der Waals surface area contributed by atoms with Crippen molar-refractivity contribution in [3.63, 3.8) is 0 Å². The predicted octanol–water partition coefficient (Wildman–Crippen LogP) is 2.53. The Balaban J connectivity index is 1.65. The molecule has 22 heavy (non-hydrogen) atoms. The number of amides is 2. The lowest BCUT2D eigenvalue weighted by atomic mass is 9.91. The van der Waals surface area contributed by atoms with E-state index in [2.05, 4.69) is 10.3 Å². The molecule has 2 fully saturated rings. The van der Waals surface area contributed by atoms with Gasteiger partial charge in [-0.1, -0.05) is 13.0 Å². The first kappa shape index (κ1) is 14.8. The second-order valence-corrected chi connectivity index (χ2v) is 6.43. The van der Waals surface area contributed by atoms with Crippen LogP contribution in [0.2, 0.25) is 0 Å². The highest BCUT2D eigenvalue weighted by molar-refractivity contribution is 5.88. The van der Waals surface area contributed by atoms with Gasteiger partial charge < -0.3 is 10.0 Å². The maximum Gasteiger partial charge on any atom is 0.323 e. The maximum absolute atomic E-state index is 12.4. The normalized spacial score (nSPS) is 24.9. The van der Waals surface area contributed by atoms with Gasteiger partial charge in [-0.05, 0) is 37.3 Å². The van der Waals surface area contributed by atoms with Gasteiger partial charge >= 0.3 is 12.0 Å². The standard InChI is InChI=1S/C16H21N3O3/c1-10-7-12(15(20)21)9-19(8-10)16(22)18-14-4-2-3-13(17-14)11-5-6-11/h2-4,10-12H,5-9H2,1H3,(H,20,21)(H,17,18,22). The van der Waals surface area contributed by atoms with Crippen LogP contribution in [0.5, 0.6) is 0 Å². The lowest BCUT2D eigenvalue weighted by Crippen LogP contribution is -2.47. The van der Waals surface area contributed by atoms with Gasteiger partial charge in [0.1, 0.15) is 5.82 Å². The van der Waals surface area contributed by atoms with Crippen LogP contribution in [0.3, 0.4) is 0 Å². The van der Waals surface area contributed by atoms with Crippen LogP contribution < -0.4 is 5.32 Å². The highest BCUT2D eigenvalue weighted by Crippen LogP contribution is 2.39. The van der Waals surface area contributed by atoms with Crippen LogP contribution in [0.4, 0.5) is 10.6 Å². The van der Waals surface area contributed by atoms with Crippen molar-refractivity contribution in [3.05, 3.63) is 23.9 Å². The number of piperidine rings is 1. The fourth-order valence-electron chi connectivity index (χ4n) is 3.01. The third-order valence-corrected chi connectivity index (χ3v) is 4.30. The van der Waals surface area contributed by atoms with E-state index in [1.807, 2.05) is 19.1 Å². The Morgan fingerprint density at radius 1 is 1.32 bits per heavy atom. The van der Waals surface area contributed by atoms with E-state index >= 15 is 0 Å². The number of urea groups is 1. The Morgan fingerprint density at radius 2 is 2.09 bits per heavy atom. The lowest BCUT2D eigenvalue weighted by Gasteiger charge is -2.34. The number of carbonyl (C=O) groups is 2. The summed E-state index contributed by atoms with van der Waals surface area (Å²) in [6, 6.07) is 5.39. The summed E-state index contributed by atoms with van der Waals surface area (Å²) in [6.45, 7) is 2.81. The number of nitrogens with zero attached hydrogens (tertiary/aromatic N) is 2. The zero-order valence-electron chi connectivity index (χ0n) is 12.7. The Labute approximate surface area is 129 Å². The Kier molecular flexibility index (Phi) is 4.00. The van der Waals surface area contributed by atoms with Gasteiger partial charge in [-0.2, -0.15) is 0 Å². The summed E-state index contributed by atoms with van der Waals surface area (Å²) >= 11 is 0. The fourth-order valence-corrected chi connectivity index (χ4v) is 3.01. The van der Waals surface area contributed by atoms with Gasteiger partial charge in [-0.25, -0.2) is 9.78 Å². The van der Waals surface area contributed by atoms with Crippen LogP contribution >= 0.6 is 0 Å². The number of aromatic nitrogens is 1. The minimum atomic E-state index is -0.835. The molecule has 0 bridgehead atoms. The molecule has 1 aliphatic carbocycles. The van der Waals surface area contributed by atoms with Gasteiger partial charge in [0.05, 0.1) is 5.92 Å². The van der Waals surface area contributed by atoms with E-state index < -0.39 is 11.9 Å². The van der Waals surface area contributed by atoms with Crippen molar-refractivity contribution in [1.82, 2.24) is 9.88 Å². The molecule has 6 nitrogen and oxygen atoms in total. The van der Waals surface area contributed by atoms with Gasteiger partial charge in [-0.3, -0.25) is 10.1 Å². The first-order chi connectivity index (χ1) is 10.5. The summed E-state index contributed by atoms with van der Waals surface area (Å²) < 4.78 is 0. The van der Waals surface area contributed by atoms with Crippen molar-refractivity contribution in [2.24, 2.45) is 11.8 Å². The summed E-state index contributed by atoms with van der Waals surface area (Å²) in [6.07, 6.45) is 2.94. The number of carboxylic acid groups (broad SMARTS) is 1. The molecule has 0 aromatic carbocycles. The van der Waals surface area contributed by atoms with Gasteiger partial charge in [0.2, 0.25) is 0 Å². The van der Waals surface area contributed by atoms with E-state index in [0.717, 1.165) is 18.5 Å². The second-order valence-electron chi connectivity index (χ2n) is 6.43. The summed E-state index contributed by atoms with van der Waals surface area (Å²) in [5, 5.41) is 12.0. The first-order valence-corrected chi connectivity index (χ1v) is 7.78. The molecule has 118 valence electrons. The molecule has 1 aromatic rings. The number of carbonyl (C=O) groups excluding carboxylic acids is 1. The Morgan fingerprint density at radius 3 is 2.77 bits per heavy atom. The molecule has 0 radical (unpaired) electrons. The smallest absolute Gasteiger partial charge is 0.323 e. The van der Waals surface area contributed by atoms with Crippen molar-refractivity contribution in [2.75, 3.05) is 18.4 Å².